The number of hydrogen-bond acceptors (Lipinski definition) is 4. The van der Waals surface area contributed by atoms with Crippen LogP contribution in [0.2, 0.25) is 0 Å². The molecule has 0 fully saturated rings. The summed E-state index contributed by atoms with van der Waals surface area (Å²) in [5.41, 5.74) is 0.591. The fraction of sp³-hybridized carbons (Fsp3) is 0.364. The lowest BCUT2D eigenvalue weighted by Gasteiger charge is -2.07. The highest BCUT2D eigenvalue weighted by Gasteiger charge is 2.11. The molecule has 0 aliphatic carbocycles. The fourth-order valence-corrected chi connectivity index (χ4v) is 1.94. The summed E-state index contributed by atoms with van der Waals surface area (Å²) < 4.78 is 15.5. The topological polar surface area (TPSA) is 55.6 Å². The number of rotatable bonds is 5. The Morgan fingerprint density at radius 2 is 2.28 bits per heavy atom. The number of halogens is 2. The predicted octanol–water partition coefficient (Wildman–Crippen LogP) is 2.06. The van der Waals surface area contributed by atoms with Gasteiger partial charge in [0.1, 0.15) is 5.82 Å². The molecule has 0 amide bonds. The van der Waals surface area contributed by atoms with Gasteiger partial charge in [-0.1, -0.05) is 6.92 Å². The Kier molecular flexibility index (Phi) is 4.38. The van der Waals surface area contributed by atoms with Crippen molar-refractivity contribution in [3.8, 4) is 5.69 Å². The van der Waals surface area contributed by atoms with E-state index in [4.69, 9.17) is 0 Å². The fourth-order valence-electron chi connectivity index (χ4n) is 1.53. The average Bonchev–Trinajstić information content (AvgIpc) is 2.81. The van der Waals surface area contributed by atoms with Crippen molar-refractivity contribution in [3.63, 3.8) is 0 Å². The van der Waals surface area contributed by atoms with Crippen LogP contribution < -0.4 is 5.32 Å². The molecule has 0 aliphatic heterocycles. The summed E-state index contributed by atoms with van der Waals surface area (Å²) in [5.74, 6) is 0.325. The predicted molar refractivity (Wildman–Crippen MR) is 68.8 cm³/mol. The molecule has 0 saturated heterocycles. The van der Waals surface area contributed by atoms with Crippen molar-refractivity contribution < 1.29 is 4.39 Å². The van der Waals surface area contributed by atoms with E-state index < -0.39 is 0 Å². The molecule has 0 bridgehead atoms. The Hall–Kier alpha value is -1.34. The van der Waals surface area contributed by atoms with Crippen molar-refractivity contribution in [2.75, 3.05) is 6.54 Å². The monoisotopic (exact) mass is 313 g/mol. The number of aromatic nitrogens is 4. The Morgan fingerprint density at radius 1 is 1.44 bits per heavy atom. The molecule has 7 heteroatoms. The maximum absolute atomic E-state index is 13.3. The molecule has 0 saturated carbocycles. The van der Waals surface area contributed by atoms with Crippen molar-refractivity contribution in [1.29, 1.82) is 0 Å². The summed E-state index contributed by atoms with van der Waals surface area (Å²) in [4.78, 5) is 0. The maximum Gasteiger partial charge on any atom is 0.170 e. The molecule has 1 N–H and O–H groups in total. The molecule has 0 atom stereocenters. The largest absolute Gasteiger partial charge is 0.310 e. The molecule has 1 heterocycles. The molecule has 2 aromatic rings. The highest BCUT2D eigenvalue weighted by Crippen LogP contribution is 2.21. The molecule has 2 rings (SSSR count). The molecule has 0 aliphatic rings. The second kappa shape index (κ2) is 6.01. The molecule has 1 aromatic carbocycles. The van der Waals surface area contributed by atoms with E-state index in [9.17, 15) is 4.39 Å². The van der Waals surface area contributed by atoms with Gasteiger partial charge in [0.2, 0.25) is 0 Å². The Balaban J connectivity index is 2.27. The van der Waals surface area contributed by atoms with E-state index in [1.165, 1.54) is 16.8 Å². The zero-order valence-corrected chi connectivity index (χ0v) is 11.5. The van der Waals surface area contributed by atoms with Crippen LogP contribution in [0.5, 0.6) is 0 Å². The van der Waals surface area contributed by atoms with Crippen LogP contribution in [0.3, 0.4) is 0 Å². The zero-order valence-electron chi connectivity index (χ0n) is 9.90. The number of nitrogens with one attached hydrogen (secondary N) is 1. The van der Waals surface area contributed by atoms with Crippen molar-refractivity contribution in [2.24, 2.45) is 0 Å². The van der Waals surface area contributed by atoms with Gasteiger partial charge >= 0.3 is 0 Å². The number of nitrogens with zero attached hydrogens (tertiary/aromatic N) is 4. The van der Waals surface area contributed by atoms with Crippen molar-refractivity contribution in [1.82, 2.24) is 25.5 Å². The van der Waals surface area contributed by atoms with E-state index >= 15 is 0 Å². The van der Waals surface area contributed by atoms with Gasteiger partial charge in [-0.2, -0.15) is 4.68 Å². The second-order valence-electron chi connectivity index (χ2n) is 3.78. The molecular formula is C11H13BrFN5. The number of benzene rings is 1. The molecule has 18 heavy (non-hydrogen) atoms. The Labute approximate surface area is 113 Å². The second-order valence-corrected chi connectivity index (χ2v) is 4.63. The minimum absolute atomic E-state index is 0.323. The minimum Gasteiger partial charge on any atom is -0.310 e. The number of hydrogen-bond donors (Lipinski definition) is 1. The third-order valence-electron chi connectivity index (χ3n) is 2.38. The van der Waals surface area contributed by atoms with E-state index in [-0.39, 0.29) is 5.82 Å². The summed E-state index contributed by atoms with van der Waals surface area (Å²) >= 11 is 3.36. The van der Waals surface area contributed by atoms with Crippen LogP contribution in [0.4, 0.5) is 4.39 Å². The molecule has 96 valence electrons. The molecule has 5 nitrogen and oxygen atoms in total. The van der Waals surface area contributed by atoms with Gasteiger partial charge in [-0.05, 0) is 51.5 Å². The molecule has 0 spiro atoms. The van der Waals surface area contributed by atoms with Gasteiger partial charge in [-0.25, -0.2) is 4.39 Å². The van der Waals surface area contributed by atoms with Gasteiger partial charge in [-0.15, -0.1) is 5.10 Å². The smallest absolute Gasteiger partial charge is 0.170 e. The van der Waals surface area contributed by atoms with Gasteiger partial charge in [0.05, 0.1) is 12.2 Å². The summed E-state index contributed by atoms with van der Waals surface area (Å²) in [7, 11) is 0. The average molecular weight is 314 g/mol. The third-order valence-corrected chi connectivity index (χ3v) is 3.05. The van der Waals surface area contributed by atoms with Crippen LogP contribution in [-0.2, 0) is 6.54 Å². The zero-order chi connectivity index (χ0) is 13.0. The van der Waals surface area contributed by atoms with Crippen LogP contribution in [0.1, 0.15) is 19.2 Å². The van der Waals surface area contributed by atoms with E-state index in [1.807, 2.05) is 0 Å². The highest BCUT2D eigenvalue weighted by atomic mass is 79.9. The Morgan fingerprint density at radius 3 is 3.06 bits per heavy atom. The van der Waals surface area contributed by atoms with Gasteiger partial charge < -0.3 is 5.32 Å². The van der Waals surface area contributed by atoms with Gasteiger partial charge in [-0.3, -0.25) is 0 Å². The van der Waals surface area contributed by atoms with Crippen molar-refractivity contribution in [3.05, 3.63) is 34.3 Å². The van der Waals surface area contributed by atoms with E-state index in [2.05, 4.69) is 43.7 Å². The quantitative estimate of drug-likeness (QED) is 0.859. The van der Waals surface area contributed by atoms with Crippen LogP contribution >= 0.6 is 15.9 Å². The minimum atomic E-state index is -0.323. The van der Waals surface area contributed by atoms with Gasteiger partial charge in [0, 0.05) is 10.5 Å². The highest BCUT2D eigenvalue weighted by molar-refractivity contribution is 9.10. The first kappa shape index (κ1) is 13.1. The lowest BCUT2D eigenvalue weighted by molar-refractivity contribution is 0.616. The molecule has 1 aromatic heterocycles. The summed E-state index contributed by atoms with van der Waals surface area (Å²) in [6.07, 6.45) is 1.03. The summed E-state index contributed by atoms with van der Waals surface area (Å²) in [6.45, 7) is 3.51. The first-order chi connectivity index (χ1) is 8.72. The lowest BCUT2D eigenvalue weighted by atomic mass is 10.3. The van der Waals surface area contributed by atoms with Crippen LogP contribution in [0.25, 0.3) is 5.69 Å². The van der Waals surface area contributed by atoms with Crippen molar-refractivity contribution >= 4 is 15.9 Å². The molecule has 0 radical (unpaired) electrons. The van der Waals surface area contributed by atoms with Crippen LogP contribution in [-0.4, -0.2) is 26.8 Å². The van der Waals surface area contributed by atoms with E-state index in [0.717, 1.165) is 17.4 Å². The normalized spacial score (nSPS) is 10.8. The first-order valence-electron chi connectivity index (χ1n) is 5.65. The summed E-state index contributed by atoms with van der Waals surface area (Å²) in [5, 5.41) is 14.7. The third kappa shape index (κ3) is 2.91. The van der Waals surface area contributed by atoms with Crippen LogP contribution in [0, 0.1) is 5.82 Å². The van der Waals surface area contributed by atoms with Crippen LogP contribution in [0.15, 0.2) is 22.7 Å². The standard InChI is InChI=1S/C11H13BrFN5/c1-2-5-14-7-11-15-16-17-18(11)10-6-8(13)3-4-9(10)12/h3-4,6,14H,2,5,7H2,1H3. The van der Waals surface area contributed by atoms with Crippen molar-refractivity contribution in [2.45, 2.75) is 19.9 Å². The number of tetrazole rings is 1. The van der Waals surface area contributed by atoms with Gasteiger partial charge in [0.25, 0.3) is 0 Å². The SMILES string of the molecule is CCCNCc1nnnn1-c1cc(F)ccc1Br. The summed E-state index contributed by atoms with van der Waals surface area (Å²) in [6, 6.07) is 4.41. The molecule has 0 unspecified atom stereocenters. The first-order valence-corrected chi connectivity index (χ1v) is 6.45. The van der Waals surface area contributed by atoms with Gasteiger partial charge in [0.15, 0.2) is 5.82 Å². The molecular weight excluding hydrogens is 301 g/mol. The van der Waals surface area contributed by atoms with E-state index in [1.54, 1.807) is 6.07 Å². The lowest BCUT2D eigenvalue weighted by Crippen LogP contribution is -2.17. The maximum atomic E-state index is 13.3. The van der Waals surface area contributed by atoms with E-state index in [0.29, 0.717) is 18.1 Å². The Bertz CT molecular complexity index is 528.